The van der Waals surface area contributed by atoms with Crippen LogP contribution >= 0.6 is 12.2 Å². The minimum absolute atomic E-state index is 0.235. The van der Waals surface area contributed by atoms with Crippen LogP contribution in [-0.4, -0.2) is 45.0 Å². The van der Waals surface area contributed by atoms with E-state index in [0.29, 0.717) is 18.3 Å². The van der Waals surface area contributed by atoms with Crippen molar-refractivity contribution in [1.82, 2.24) is 10.6 Å². The van der Waals surface area contributed by atoms with Crippen LogP contribution in [-0.2, 0) is 13.0 Å². The van der Waals surface area contributed by atoms with Gasteiger partial charge >= 0.3 is 0 Å². The molecule has 0 bridgehead atoms. The van der Waals surface area contributed by atoms with Crippen molar-refractivity contribution in [3.8, 4) is 11.5 Å². The van der Waals surface area contributed by atoms with E-state index in [1.165, 1.54) is 10.5 Å². The Balaban J connectivity index is 1.89. The number of nitrogens with one attached hydrogen (secondary N) is 3. The van der Waals surface area contributed by atoms with E-state index in [4.69, 9.17) is 21.7 Å². The fraction of sp³-hybridized carbons (Fsp3) is 0.611. The molecule has 1 atom stereocenters. The summed E-state index contributed by atoms with van der Waals surface area (Å²) in [7, 11) is 4.31. The van der Waals surface area contributed by atoms with Crippen molar-refractivity contribution in [1.29, 1.82) is 0 Å². The third-order valence-corrected chi connectivity index (χ3v) is 4.25. The molecule has 0 radical (unpaired) electrons. The molecule has 0 saturated heterocycles. The molecular formula is C18H30N3O2S+. The fourth-order valence-corrected chi connectivity index (χ4v) is 2.97. The molecule has 1 heterocycles. The van der Waals surface area contributed by atoms with Crippen LogP contribution in [0.5, 0.6) is 11.5 Å². The molecule has 1 aromatic carbocycles. The molecule has 0 amide bonds. The van der Waals surface area contributed by atoms with Gasteiger partial charge < -0.3 is 25.0 Å². The van der Waals surface area contributed by atoms with Gasteiger partial charge in [-0.15, -0.1) is 0 Å². The summed E-state index contributed by atoms with van der Waals surface area (Å²) in [6, 6.07) is 4.19. The van der Waals surface area contributed by atoms with Crippen LogP contribution in [0, 0.1) is 0 Å². The normalized spacial score (nSPS) is 15.8. The van der Waals surface area contributed by atoms with Crippen LogP contribution in [0.4, 0.5) is 0 Å². The molecule has 24 heavy (non-hydrogen) atoms. The first-order chi connectivity index (χ1) is 11.5. The second-order valence-electron chi connectivity index (χ2n) is 6.55. The maximum absolute atomic E-state index is 5.86. The van der Waals surface area contributed by atoms with Crippen LogP contribution in [0.25, 0.3) is 0 Å². The highest BCUT2D eigenvalue weighted by Gasteiger charge is 2.21. The maximum atomic E-state index is 5.86. The van der Waals surface area contributed by atoms with Gasteiger partial charge in [0.15, 0.2) is 5.11 Å². The summed E-state index contributed by atoms with van der Waals surface area (Å²) >= 11 is 5.36. The molecule has 6 heteroatoms. The molecular weight excluding hydrogens is 322 g/mol. The fourth-order valence-electron chi connectivity index (χ4n) is 2.79. The minimum atomic E-state index is 0.235. The highest BCUT2D eigenvalue weighted by Crippen LogP contribution is 2.35. The summed E-state index contributed by atoms with van der Waals surface area (Å²) < 4.78 is 11.6. The third-order valence-electron chi connectivity index (χ3n) is 3.96. The Morgan fingerprint density at radius 1 is 1.38 bits per heavy atom. The largest absolute Gasteiger partial charge is 0.494 e. The number of rotatable bonds is 8. The topological polar surface area (TPSA) is 47.0 Å². The predicted molar refractivity (Wildman–Crippen MR) is 101 cm³/mol. The maximum Gasteiger partial charge on any atom is 0.166 e. The van der Waals surface area contributed by atoms with Gasteiger partial charge in [-0.05, 0) is 38.2 Å². The zero-order valence-electron chi connectivity index (χ0n) is 15.2. The van der Waals surface area contributed by atoms with E-state index in [9.17, 15) is 0 Å². The van der Waals surface area contributed by atoms with Gasteiger partial charge in [-0.2, -0.15) is 0 Å². The number of ether oxygens (including phenoxy) is 2. The lowest BCUT2D eigenvalue weighted by Crippen LogP contribution is -3.05. The summed E-state index contributed by atoms with van der Waals surface area (Å²) in [5.74, 6) is 1.89. The van der Waals surface area contributed by atoms with Gasteiger partial charge in [-0.3, -0.25) is 0 Å². The number of hydrogen-bond acceptors (Lipinski definition) is 3. The zero-order chi connectivity index (χ0) is 17.5. The quantitative estimate of drug-likeness (QED) is 0.480. The van der Waals surface area contributed by atoms with Gasteiger partial charge in [-0.1, -0.05) is 0 Å². The van der Waals surface area contributed by atoms with Crippen LogP contribution < -0.4 is 25.0 Å². The van der Waals surface area contributed by atoms with Gasteiger partial charge in [0.05, 0.1) is 27.2 Å². The van der Waals surface area contributed by atoms with Crippen molar-refractivity contribution >= 4 is 17.3 Å². The van der Waals surface area contributed by atoms with E-state index in [1.807, 2.05) is 6.92 Å². The van der Waals surface area contributed by atoms with E-state index in [0.717, 1.165) is 43.0 Å². The average molecular weight is 353 g/mol. The number of thiocarbonyl (C=S) groups is 1. The molecule has 5 nitrogen and oxygen atoms in total. The second-order valence-corrected chi connectivity index (χ2v) is 6.96. The Hall–Kier alpha value is -1.53. The van der Waals surface area contributed by atoms with Gasteiger partial charge in [0.1, 0.15) is 17.6 Å². The van der Waals surface area contributed by atoms with Crippen molar-refractivity contribution in [3.63, 3.8) is 0 Å². The van der Waals surface area contributed by atoms with E-state index in [1.54, 1.807) is 0 Å². The van der Waals surface area contributed by atoms with Crippen molar-refractivity contribution in [2.75, 3.05) is 33.8 Å². The number of hydrogen-bond donors (Lipinski definition) is 3. The molecule has 1 aromatic rings. The molecule has 0 fully saturated rings. The Kier molecular flexibility index (Phi) is 7.12. The lowest BCUT2D eigenvalue weighted by molar-refractivity contribution is -0.858. The smallest absolute Gasteiger partial charge is 0.166 e. The molecule has 3 N–H and O–H groups in total. The van der Waals surface area contributed by atoms with Crippen molar-refractivity contribution in [2.45, 2.75) is 39.3 Å². The first kappa shape index (κ1) is 18.8. The van der Waals surface area contributed by atoms with Gasteiger partial charge in [0.25, 0.3) is 0 Å². The Labute approximate surface area is 150 Å². The standard InChI is InChI=1S/C18H29N3O2S/c1-5-22-16-10-14-9-13(2)23-17(14)11-15(16)12-20-18(24)19-7-6-8-21(3)4/h10-11,13H,5-9,12H2,1-4H3,(H2,19,20,24)/p+1/t13-/m1/s1. The molecule has 2 rings (SSSR count). The van der Waals surface area contributed by atoms with E-state index in [-0.39, 0.29) is 6.10 Å². The van der Waals surface area contributed by atoms with Crippen LogP contribution in [0.15, 0.2) is 12.1 Å². The zero-order valence-corrected chi connectivity index (χ0v) is 16.0. The first-order valence-electron chi connectivity index (χ1n) is 8.75. The summed E-state index contributed by atoms with van der Waals surface area (Å²) in [6.45, 7) is 7.39. The Bertz CT molecular complexity index is 563. The molecule has 0 unspecified atom stereocenters. The molecule has 1 aliphatic heterocycles. The Morgan fingerprint density at radius 3 is 2.88 bits per heavy atom. The number of fused-ring (bicyclic) bond motifs is 1. The third kappa shape index (κ3) is 5.53. The highest BCUT2D eigenvalue weighted by atomic mass is 32.1. The molecule has 0 aromatic heterocycles. The summed E-state index contributed by atoms with van der Waals surface area (Å²) in [5.41, 5.74) is 2.30. The molecule has 0 saturated carbocycles. The highest BCUT2D eigenvalue weighted by molar-refractivity contribution is 7.80. The summed E-state index contributed by atoms with van der Waals surface area (Å²) in [4.78, 5) is 1.45. The predicted octanol–water partition coefficient (Wildman–Crippen LogP) is 0.907. The summed E-state index contributed by atoms with van der Waals surface area (Å²) in [5, 5.41) is 7.20. The Morgan fingerprint density at radius 2 is 2.17 bits per heavy atom. The minimum Gasteiger partial charge on any atom is -0.494 e. The average Bonchev–Trinajstić information content (AvgIpc) is 2.88. The van der Waals surface area contributed by atoms with Crippen molar-refractivity contribution < 1.29 is 14.4 Å². The molecule has 0 aliphatic carbocycles. The van der Waals surface area contributed by atoms with E-state index >= 15 is 0 Å². The van der Waals surface area contributed by atoms with Gasteiger partial charge in [-0.25, -0.2) is 0 Å². The van der Waals surface area contributed by atoms with Gasteiger partial charge in [0.2, 0.25) is 0 Å². The van der Waals surface area contributed by atoms with E-state index < -0.39 is 0 Å². The monoisotopic (exact) mass is 352 g/mol. The lowest BCUT2D eigenvalue weighted by Gasteiger charge is -2.15. The van der Waals surface area contributed by atoms with Gasteiger partial charge in [0, 0.05) is 37.1 Å². The van der Waals surface area contributed by atoms with Crippen LogP contribution in [0.1, 0.15) is 31.4 Å². The second kappa shape index (κ2) is 9.08. The van der Waals surface area contributed by atoms with E-state index in [2.05, 4.69) is 43.8 Å². The molecule has 0 spiro atoms. The lowest BCUT2D eigenvalue weighted by atomic mass is 10.1. The van der Waals surface area contributed by atoms with Crippen molar-refractivity contribution in [3.05, 3.63) is 23.3 Å². The van der Waals surface area contributed by atoms with Crippen LogP contribution in [0.3, 0.4) is 0 Å². The number of quaternary nitrogens is 1. The SMILES string of the molecule is CCOc1cc2c(cc1CNC(=S)NCCC[NH+](C)C)O[C@H](C)C2. The van der Waals surface area contributed by atoms with Crippen LogP contribution in [0.2, 0.25) is 0 Å². The molecule has 1 aliphatic rings. The molecule has 134 valence electrons. The first-order valence-corrected chi connectivity index (χ1v) is 9.16. The van der Waals surface area contributed by atoms with Crippen molar-refractivity contribution in [2.24, 2.45) is 0 Å². The number of benzene rings is 1. The summed E-state index contributed by atoms with van der Waals surface area (Å²) in [6.07, 6.45) is 2.27.